The van der Waals surface area contributed by atoms with Gasteiger partial charge in [-0.1, -0.05) is 24.3 Å². The highest BCUT2D eigenvalue weighted by atomic mass is 16.3. The molecule has 2 heterocycles. The molecule has 1 N–H and O–H groups in total. The van der Waals surface area contributed by atoms with Gasteiger partial charge in [-0.25, -0.2) is 4.98 Å². The molecule has 0 aliphatic carbocycles. The number of benzene rings is 1. The Morgan fingerprint density at radius 3 is 2.68 bits per heavy atom. The molecule has 2 aromatic heterocycles. The van der Waals surface area contributed by atoms with Crippen molar-refractivity contribution in [2.75, 3.05) is 0 Å². The van der Waals surface area contributed by atoms with Gasteiger partial charge in [-0.2, -0.15) is 0 Å². The van der Waals surface area contributed by atoms with Crippen molar-refractivity contribution in [1.29, 1.82) is 0 Å². The maximum atomic E-state index is 12.8. The van der Waals surface area contributed by atoms with Crippen LogP contribution >= 0.6 is 0 Å². The Kier molecular flexibility index (Phi) is 3.74. The molecule has 0 radical (unpaired) electrons. The first-order valence-electron chi connectivity index (χ1n) is 7.12. The highest BCUT2D eigenvalue weighted by Crippen LogP contribution is 2.27. The summed E-state index contributed by atoms with van der Waals surface area (Å²) < 4.78 is 1.55. The maximum absolute atomic E-state index is 12.8. The molecule has 4 heteroatoms. The minimum atomic E-state index is -0.239. The van der Waals surface area contributed by atoms with Crippen LogP contribution in [0.25, 0.3) is 16.7 Å². The van der Waals surface area contributed by atoms with E-state index in [1.54, 1.807) is 29.0 Å². The first-order chi connectivity index (χ1) is 10.7. The highest BCUT2D eigenvalue weighted by molar-refractivity contribution is 5.84. The third-order valence-electron chi connectivity index (χ3n) is 3.61. The normalized spacial score (nSPS) is 10.7. The molecular formula is C18H16N2O2. The van der Waals surface area contributed by atoms with Crippen LogP contribution in [0.4, 0.5) is 0 Å². The number of aromatic nitrogens is 2. The van der Waals surface area contributed by atoms with E-state index >= 15 is 0 Å². The summed E-state index contributed by atoms with van der Waals surface area (Å²) in [5.41, 5.74) is 1.34. The lowest BCUT2D eigenvalue weighted by molar-refractivity contribution is 0.472. The summed E-state index contributed by atoms with van der Waals surface area (Å²) in [7, 11) is 0. The van der Waals surface area contributed by atoms with Crippen LogP contribution in [0.5, 0.6) is 5.75 Å². The topological polar surface area (TPSA) is 55.1 Å². The van der Waals surface area contributed by atoms with Gasteiger partial charge in [0.15, 0.2) is 5.65 Å². The van der Waals surface area contributed by atoms with E-state index in [-0.39, 0.29) is 11.3 Å². The van der Waals surface area contributed by atoms with Crippen LogP contribution < -0.4 is 5.56 Å². The second-order valence-corrected chi connectivity index (χ2v) is 5.01. The van der Waals surface area contributed by atoms with Gasteiger partial charge < -0.3 is 5.11 Å². The van der Waals surface area contributed by atoms with Crippen molar-refractivity contribution in [3.8, 4) is 11.4 Å². The number of aromatic hydroxyl groups is 1. The molecule has 22 heavy (non-hydrogen) atoms. The lowest BCUT2D eigenvalue weighted by atomic mass is 10.1. The van der Waals surface area contributed by atoms with Crippen molar-refractivity contribution in [1.82, 2.24) is 9.55 Å². The van der Waals surface area contributed by atoms with Crippen molar-refractivity contribution in [2.24, 2.45) is 0 Å². The van der Waals surface area contributed by atoms with Gasteiger partial charge in [0.25, 0.3) is 5.56 Å². The smallest absolute Gasteiger partial charge is 0.263 e. The first kappa shape index (κ1) is 14.1. The van der Waals surface area contributed by atoms with Gasteiger partial charge in [-0.15, -0.1) is 6.58 Å². The fourth-order valence-corrected chi connectivity index (χ4v) is 2.54. The van der Waals surface area contributed by atoms with Crippen LogP contribution in [0.15, 0.2) is 66.1 Å². The predicted molar refractivity (Wildman–Crippen MR) is 87.5 cm³/mol. The molecule has 3 rings (SSSR count). The number of hydrogen-bond donors (Lipinski definition) is 1. The van der Waals surface area contributed by atoms with Crippen LogP contribution in [-0.4, -0.2) is 14.7 Å². The summed E-state index contributed by atoms with van der Waals surface area (Å²) in [4.78, 5) is 17.1. The Bertz CT molecular complexity index is 883. The van der Waals surface area contributed by atoms with Crippen molar-refractivity contribution in [3.05, 3.63) is 77.2 Å². The summed E-state index contributed by atoms with van der Waals surface area (Å²) >= 11 is 0. The molecule has 0 saturated heterocycles. The quantitative estimate of drug-likeness (QED) is 0.751. The van der Waals surface area contributed by atoms with Gasteiger partial charge in [0.05, 0.1) is 16.6 Å². The molecule has 0 atom stereocenters. The monoisotopic (exact) mass is 292 g/mol. The van der Waals surface area contributed by atoms with E-state index in [1.807, 2.05) is 30.3 Å². The molecule has 110 valence electrons. The van der Waals surface area contributed by atoms with Gasteiger partial charge in [0.2, 0.25) is 0 Å². The number of allylic oxidation sites excluding steroid dienone is 1. The molecule has 0 aliphatic rings. The number of pyridine rings is 2. The summed E-state index contributed by atoms with van der Waals surface area (Å²) in [6.07, 6.45) is 4.43. The second kappa shape index (κ2) is 5.85. The van der Waals surface area contributed by atoms with Crippen LogP contribution in [0, 0.1) is 0 Å². The van der Waals surface area contributed by atoms with E-state index in [4.69, 9.17) is 0 Å². The molecule has 0 spiro atoms. The third-order valence-corrected chi connectivity index (χ3v) is 3.61. The average Bonchev–Trinajstić information content (AvgIpc) is 2.56. The third kappa shape index (κ3) is 2.29. The molecule has 0 saturated carbocycles. The van der Waals surface area contributed by atoms with Crippen molar-refractivity contribution < 1.29 is 5.11 Å². The van der Waals surface area contributed by atoms with Gasteiger partial charge in [-0.3, -0.25) is 9.36 Å². The Labute approximate surface area is 128 Å². The zero-order valence-corrected chi connectivity index (χ0v) is 12.1. The van der Waals surface area contributed by atoms with E-state index in [0.717, 1.165) is 5.69 Å². The van der Waals surface area contributed by atoms with Crippen LogP contribution in [0.1, 0.15) is 12.0 Å². The fourth-order valence-electron chi connectivity index (χ4n) is 2.54. The number of para-hydroxylation sites is 1. The highest BCUT2D eigenvalue weighted by Gasteiger charge is 2.17. The molecule has 0 unspecified atom stereocenters. The molecule has 4 nitrogen and oxygen atoms in total. The zero-order valence-electron chi connectivity index (χ0n) is 12.1. The minimum Gasteiger partial charge on any atom is -0.507 e. The standard InChI is InChI=1S/C18H16N2O2/c1-2-3-10-15-16(21)14-11-7-12-19-17(14)20(18(15)22)13-8-5-4-6-9-13/h2,4-9,11-12,21H,1,3,10H2. The van der Waals surface area contributed by atoms with Crippen LogP contribution in [0.3, 0.4) is 0 Å². The number of nitrogens with zero attached hydrogens (tertiary/aromatic N) is 2. The molecule has 0 bridgehead atoms. The van der Waals surface area contributed by atoms with Gasteiger partial charge in [0.1, 0.15) is 5.75 Å². The van der Waals surface area contributed by atoms with E-state index < -0.39 is 0 Å². The molecule has 0 aliphatic heterocycles. The predicted octanol–water partition coefficient (Wildman–Crippen LogP) is 3.21. The molecular weight excluding hydrogens is 276 g/mol. The average molecular weight is 292 g/mol. The van der Waals surface area contributed by atoms with Gasteiger partial charge >= 0.3 is 0 Å². The SMILES string of the molecule is C=CCCc1c(O)c2cccnc2n(-c2ccccc2)c1=O. The summed E-state index contributed by atoms with van der Waals surface area (Å²) in [6, 6.07) is 12.9. The minimum absolute atomic E-state index is 0.0159. The van der Waals surface area contributed by atoms with E-state index in [1.165, 1.54) is 0 Å². The van der Waals surface area contributed by atoms with Gasteiger partial charge in [-0.05, 0) is 37.1 Å². The molecule has 0 fully saturated rings. The van der Waals surface area contributed by atoms with Crippen LogP contribution in [0.2, 0.25) is 0 Å². The fraction of sp³-hybridized carbons (Fsp3) is 0.111. The molecule has 0 amide bonds. The van der Waals surface area contributed by atoms with E-state index in [0.29, 0.717) is 29.4 Å². The van der Waals surface area contributed by atoms with E-state index in [9.17, 15) is 9.90 Å². The van der Waals surface area contributed by atoms with Crippen LogP contribution in [-0.2, 0) is 6.42 Å². The first-order valence-corrected chi connectivity index (χ1v) is 7.12. The summed E-state index contributed by atoms with van der Waals surface area (Å²) in [6.45, 7) is 3.68. The van der Waals surface area contributed by atoms with Crippen molar-refractivity contribution >= 4 is 11.0 Å². The molecule has 3 aromatic rings. The lowest BCUT2D eigenvalue weighted by Crippen LogP contribution is -2.23. The zero-order chi connectivity index (χ0) is 15.5. The maximum Gasteiger partial charge on any atom is 0.263 e. The summed E-state index contributed by atoms with van der Waals surface area (Å²) in [5, 5.41) is 11.0. The number of hydrogen-bond acceptors (Lipinski definition) is 3. The van der Waals surface area contributed by atoms with Crippen molar-refractivity contribution in [3.63, 3.8) is 0 Å². The second-order valence-electron chi connectivity index (χ2n) is 5.01. The number of fused-ring (bicyclic) bond motifs is 1. The van der Waals surface area contributed by atoms with Crippen molar-refractivity contribution in [2.45, 2.75) is 12.8 Å². The number of rotatable bonds is 4. The Morgan fingerprint density at radius 2 is 1.95 bits per heavy atom. The Hall–Kier alpha value is -2.88. The summed E-state index contributed by atoms with van der Waals surface area (Å²) in [5.74, 6) is 0.0159. The Balaban J connectivity index is 2.39. The van der Waals surface area contributed by atoms with Gasteiger partial charge in [0, 0.05) is 6.20 Å². The lowest BCUT2D eigenvalue weighted by Gasteiger charge is -2.13. The Morgan fingerprint density at radius 1 is 1.18 bits per heavy atom. The molecule has 1 aromatic carbocycles. The van der Waals surface area contributed by atoms with E-state index in [2.05, 4.69) is 11.6 Å². The largest absolute Gasteiger partial charge is 0.507 e.